The molecule has 3 heteroatoms. The van der Waals surface area contributed by atoms with Crippen molar-refractivity contribution in [1.29, 1.82) is 0 Å². The molecule has 0 aromatic heterocycles. The van der Waals surface area contributed by atoms with Crippen LogP contribution in [0.15, 0.2) is 0 Å². The first-order valence-corrected chi connectivity index (χ1v) is 8.49. The summed E-state index contributed by atoms with van der Waals surface area (Å²) < 4.78 is 0. The lowest BCUT2D eigenvalue weighted by Gasteiger charge is -2.31. The minimum Gasteiger partial charge on any atom is -0.325 e. The fourth-order valence-electron chi connectivity index (χ4n) is 3.57. The van der Waals surface area contributed by atoms with Crippen molar-refractivity contribution in [2.45, 2.75) is 84.8 Å². The molecule has 0 aromatic rings. The van der Waals surface area contributed by atoms with E-state index in [1.54, 1.807) is 0 Å². The molecule has 1 saturated heterocycles. The highest BCUT2D eigenvalue weighted by Gasteiger charge is 2.42. The lowest BCUT2D eigenvalue weighted by Crippen LogP contribution is -2.43. The van der Waals surface area contributed by atoms with Gasteiger partial charge >= 0.3 is 0 Å². The van der Waals surface area contributed by atoms with Gasteiger partial charge in [0.15, 0.2) is 0 Å². The molecule has 0 aromatic carbocycles. The monoisotopic (exact) mass is 280 g/mol. The van der Waals surface area contributed by atoms with Crippen molar-refractivity contribution in [1.82, 2.24) is 10.2 Å². The second-order valence-corrected chi connectivity index (χ2v) is 7.84. The smallest absolute Gasteiger partial charge is 0.241 e. The quantitative estimate of drug-likeness (QED) is 0.835. The van der Waals surface area contributed by atoms with E-state index in [4.69, 9.17) is 0 Å². The Labute approximate surface area is 124 Å². The van der Waals surface area contributed by atoms with Gasteiger partial charge in [-0.1, -0.05) is 47.0 Å². The van der Waals surface area contributed by atoms with Crippen molar-refractivity contribution >= 4 is 5.91 Å². The number of hydrogen-bond acceptors (Lipinski definition) is 2. The molecule has 1 aliphatic carbocycles. The van der Waals surface area contributed by atoms with E-state index in [0.717, 1.165) is 25.8 Å². The number of amides is 1. The summed E-state index contributed by atoms with van der Waals surface area (Å²) >= 11 is 0. The predicted octanol–water partition coefficient (Wildman–Crippen LogP) is 3.54. The number of hydrogen-bond donors (Lipinski definition) is 1. The van der Waals surface area contributed by atoms with Crippen LogP contribution in [-0.2, 0) is 4.79 Å². The van der Waals surface area contributed by atoms with Crippen LogP contribution in [0.5, 0.6) is 0 Å². The number of nitrogens with one attached hydrogen (secondary N) is 1. The average molecular weight is 280 g/mol. The molecule has 1 amide bonds. The number of carbonyl (C=O) groups excluding carboxylic acids is 1. The molecule has 1 aliphatic heterocycles. The van der Waals surface area contributed by atoms with E-state index in [-0.39, 0.29) is 6.04 Å². The van der Waals surface area contributed by atoms with Gasteiger partial charge in [-0.3, -0.25) is 10.1 Å². The Bertz CT molecular complexity index is 328. The molecule has 20 heavy (non-hydrogen) atoms. The van der Waals surface area contributed by atoms with Gasteiger partial charge in [0, 0.05) is 6.54 Å². The fourth-order valence-corrected chi connectivity index (χ4v) is 3.57. The molecule has 116 valence electrons. The maximum atomic E-state index is 12.6. The molecular weight excluding hydrogens is 248 g/mol. The van der Waals surface area contributed by atoms with E-state index in [0.29, 0.717) is 23.4 Å². The number of carbonyl (C=O) groups is 1. The molecule has 3 nitrogen and oxygen atoms in total. The molecule has 1 saturated carbocycles. The van der Waals surface area contributed by atoms with Gasteiger partial charge in [-0.25, -0.2) is 0 Å². The number of rotatable bonds is 5. The standard InChI is InChI=1S/C17H32N2O/c1-5-8-14-16(20)19(12-11-17(2,3)4)15(18-14)13-9-6-7-10-13/h13-15,18H,5-12H2,1-4H3. The van der Waals surface area contributed by atoms with Crippen LogP contribution < -0.4 is 5.32 Å². The molecule has 0 radical (unpaired) electrons. The SMILES string of the molecule is CCCC1NC(C2CCCC2)N(CCC(C)(C)C)C1=O. The first-order valence-electron chi connectivity index (χ1n) is 8.49. The van der Waals surface area contributed by atoms with Crippen molar-refractivity contribution in [2.24, 2.45) is 11.3 Å². The lowest BCUT2D eigenvalue weighted by atomic mass is 9.91. The Morgan fingerprint density at radius 3 is 2.45 bits per heavy atom. The van der Waals surface area contributed by atoms with Crippen LogP contribution in [0.2, 0.25) is 0 Å². The van der Waals surface area contributed by atoms with Crippen molar-refractivity contribution in [2.75, 3.05) is 6.54 Å². The summed E-state index contributed by atoms with van der Waals surface area (Å²) in [7, 11) is 0. The van der Waals surface area contributed by atoms with Crippen molar-refractivity contribution in [3.05, 3.63) is 0 Å². The van der Waals surface area contributed by atoms with Crippen LogP contribution in [0.1, 0.15) is 72.6 Å². The third-order valence-corrected chi connectivity index (χ3v) is 4.82. The molecule has 2 fully saturated rings. The third-order valence-electron chi connectivity index (χ3n) is 4.82. The first-order chi connectivity index (χ1) is 9.42. The Morgan fingerprint density at radius 2 is 1.90 bits per heavy atom. The van der Waals surface area contributed by atoms with E-state index in [9.17, 15) is 4.79 Å². The van der Waals surface area contributed by atoms with E-state index in [1.807, 2.05) is 0 Å². The zero-order chi connectivity index (χ0) is 14.8. The maximum Gasteiger partial charge on any atom is 0.241 e. The Morgan fingerprint density at radius 1 is 1.25 bits per heavy atom. The second-order valence-electron chi connectivity index (χ2n) is 7.84. The molecule has 2 atom stereocenters. The van der Waals surface area contributed by atoms with E-state index in [2.05, 4.69) is 37.9 Å². The predicted molar refractivity (Wildman–Crippen MR) is 83.4 cm³/mol. The summed E-state index contributed by atoms with van der Waals surface area (Å²) in [5.41, 5.74) is 0.295. The normalized spacial score (nSPS) is 28.6. The molecule has 2 rings (SSSR count). The Kier molecular flexibility index (Phi) is 5.11. The summed E-state index contributed by atoms with van der Waals surface area (Å²) in [5.74, 6) is 1.04. The van der Waals surface area contributed by atoms with E-state index < -0.39 is 0 Å². The molecule has 1 N–H and O–H groups in total. The summed E-state index contributed by atoms with van der Waals surface area (Å²) in [6.45, 7) is 9.85. The molecular formula is C17H32N2O. The van der Waals surface area contributed by atoms with Gasteiger partial charge in [0.1, 0.15) is 0 Å². The largest absolute Gasteiger partial charge is 0.325 e. The minimum atomic E-state index is 0.0746. The molecule has 2 aliphatic rings. The number of nitrogens with zero attached hydrogens (tertiary/aromatic N) is 1. The Hall–Kier alpha value is -0.570. The highest BCUT2D eigenvalue weighted by molar-refractivity contribution is 5.84. The molecule has 1 heterocycles. The molecule has 0 bridgehead atoms. The van der Waals surface area contributed by atoms with Crippen LogP contribution >= 0.6 is 0 Å². The average Bonchev–Trinajstić information content (AvgIpc) is 2.96. The minimum absolute atomic E-state index is 0.0746. The van der Waals surface area contributed by atoms with Crippen molar-refractivity contribution in [3.63, 3.8) is 0 Å². The van der Waals surface area contributed by atoms with Gasteiger partial charge in [0.25, 0.3) is 0 Å². The molecule has 0 spiro atoms. The van der Waals surface area contributed by atoms with Gasteiger partial charge in [0.2, 0.25) is 5.91 Å². The highest BCUT2D eigenvalue weighted by Crippen LogP contribution is 2.33. The van der Waals surface area contributed by atoms with Gasteiger partial charge in [-0.15, -0.1) is 0 Å². The van der Waals surface area contributed by atoms with E-state index in [1.165, 1.54) is 25.7 Å². The van der Waals surface area contributed by atoms with Crippen LogP contribution in [0.3, 0.4) is 0 Å². The van der Waals surface area contributed by atoms with Crippen molar-refractivity contribution in [3.8, 4) is 0 Å². The van der Waals surface area contributed by atoms with Crippen LogP contribution in [0, 0.1) is 11.3 Å². The van der Waals surface area contributed by atoms with Gasteiger partial charge in [-0.05, 0) is 37.0 Å². The van der Waals surface area contributed by atoms with Gasteiger partial charge in [-0.2, -0.15) is 0 Å². The summed E-state index contributed by atoms with van der Waals surface area (Å²) in [6, 6.07) is 0.0746. The van der Waals surface area contributed by atoms with E-state index >= 15 is 0 Å². The summed E-state index contributed by atoms with van der Waals surface area (Å²) in [4.78, 5) is 14.8. The highest BCUT2D eigenvalue weighted by atomic mass is 16.2. The molecule has 2 unspecified atom stereocenters. The zero-order valence-corrected chi connectivity index (χ0v) is 13.7. The topological polar surface area (TPSA) is 32.3 Å². The van der Waals surface area contributed by atoms with Crippen molar-refractivity contribution < 1.29 is 4.79 Å². The summed E-state index contributed by atoms with van der Waals surface area (Å²) in [6.07, 6.45) is 8.70. The van der Waals surface area contributed by atoms with Crippen LogP contribution in [-0.4, -0.2) is 29.6 Å². The fraction of sp³-hybridized carbons (Fsp3) is 0.941. The third kappa shape index (κ3) is 3.75. The maximum absolute atomic E-state index is 12.6. The Balaban J connectivity index is 2.03. The second kappa shape index (κ2) is 6.46. The lowest BCUT2D eigenvalue weighted by molar-refractivity contribution is -0.131. The first kappa shape index (κ1) is 15.8. The summed E-state index contributed by atoms with van der Waals surface area (Å²) in [5, 5.41) is 3.65. The van der Waals surface area contributed by atoms with Gasteiger partial charge < -0.3 is 4.90 Å². The van der Waals surface area contributed by atoms with Crippen LogP contribution in [0.25, 0.3) is 0 Å². The zero-order valence-electron chi connectivity index (χ0n) is 13.7. The van der Waals surface area contributed by atoms with Gasteiger partial charge in [0.05, 0.1) is 12.2 Å². The van der Waals surface area contributed by atoms with Crippen LogP contribution in [0.4, 0.5) is 0 Å².